The molecule has 3 rings (SSSR count). The van der Waals surface area contributed by atoms with Crippen LogP contribution >= 0.6 is 11.8 Å². The Kier molecular flexibility index (Phi) is 7.11. The summed E-state index contributed by atoms with van der Waals surface area (Å²) in [5, 5.41) is 10.4. The zero-order chi connectivity index (χ0) is 19.9. The Labute approximate surface area is 169 Å². The summed E-state index contributed by atoms with van der Waals surface area (Å²) in [7, 11) is 1.59. The molecule has 1 aromatic carbocycles. The van der Waals surface area contributed by atoms with Crippen LogP contribution in [0.25, 0.3) is 0 Å². The minimum absolute atomic E-state index is 0.0686. The van der Waals surface area contributed by atoms with Crippen LogP contribution < -0.4 is 10.6 Å². The number of rotatable bonds is 9. The number of amides is 2. The van der Waals surface area contributed by atoms with Crippen LogP contribution in [-0.4, -0.2) is 41.9 Å². The van der Waals surface area contributed by atoms with Crippen molar-refractivity contribution in [3.05, 3.63) is 47.2 Å². The smallest absolute Gasteiger partial charge is 0.241 e. The third-order valence-corrected chi connectivity index (χ3v) is 5.68. The van der Waals surface area contributed by atoms with E-state index in [0.717, 1.165) is 28.3 Å². The van der Waals surface area contributed by atoms with Crippen molar-refractivity contribution in [1.82, 2.24) is 15.1 Å². The molecule has 0 saturated heterocycles. The summed E-state index contributed by atoms with van der Waals surface area (Å²) < 4.78 is 6.57. The zero-order valence-corrected chi connectivity index (χ0v) is 17.1. The highest BCUT2D eigenvalue weighted by Crippen LogP contribution is 2.35. The van der Waals surface area contributed by atoms with Gasteiger partial charge in [-0.25, -0.2) is 4.68 Å². The van der Waals surface area contributed by atoms with Gasteiger partial charge in [0.15, 0.2) is 0 Å². The van der Waals surface area contributed by atoms with Gasteiger partial charge in [0.2, 0.25) is 11.8 Å². The third kappa shape index (κ3) is 4.74. The molecule has 0 bridgehead atoms. The Hall–Kier alpha value is -2.32. The van der Waals surface area contributed by atoms with Crippen molar-refractivity contribution >= 4 is 29.4 Å². The monoisotopic (exact) mass is 402 g/mol. The summed E-state index contributed by atoms with van der Waals surface area (Å²) in [4.78, 5) is 25.2. The maximum Gasteiger partial charge on any atom is 0.241 e. The molecule has 1 aliphatic heterocycles. The molecular formula is C20H26N4O3S. The molecule has 2 amide bonds. The molecule has 0 fully saturated rings. The number of thioether (sulfide) groups is 1. The molecule has 0 aliphatic carbocycles. The number of fused-ring (bicyclic) bond motifs is 1. The molecule has 0 saturated carbocycles. The van der Waals surface area contributed by atoms with E-state index < -0.39 is 0 Å². The Bertz CT molecular complexity index is 822. The lowest BCUT2D eigenvalue weighted by Gasteiger charge is -2.17. The van der Waals surface area contributed by atoms with Crippen LogP contribution in [0.4, 0.5) is 5.82 Å². The molecular weight excluding hydrogens is 376 g/mol. The summed E-state index contributed by atoms with van der Waals surface area (Å²) in [6.45, 7) is 2.97. The summed E-state index contributed by atoms with van der Waals surface area (Å²) in [6.07, 6.45) is 0.693. The first-order chi connectivity index (χ1) is 13.6. The number of carbonyl (C=O) groups is 2. The van der Waals surface area contributed by atoms with E-state index in [1.165, 1.54) is 0 Å². The average Bonchev–Trinajstić information content (AvgIpc) is 3.26. The van der Waals surface area contributed by atoms with Crippen LogP contribution in [0.5, 0.6) is 0 Å². The molecule has 2 aromatic rings. The number of anilines is 1. The Morgan fingerprint density at radius 2 is 2.07 bits per heavy atom. The number of methoxy groups -OCH3 is 1. The van der Waals surface area contributed by atoms with Gasteiger partial charge in [-0.2, -0.15) is 16.9 Å². The third-order valence-electron chi connectivity index (χ3n) is 4.71. The van der Waals surface area contributed by atoms with E-state index in [1.807, 2.05) is 37.3 Å². The Morgan fingerprint density at radius 1 is 1.29 bits per heavy atom. The lowest BCUT2D eigenvalue weighted by molar-refractivity contribution is -0.122. The van der Waals surface area contributed by atoms with Gasteiger partial charge in [0.05, 0.1) is 18.2 Å². The molecule has 0 unspecified atom stereocenters. The standard InChI is InChI=1S/C20H26N4O3S/c1-3-15(14-7-5-4-6-8-14)20(26)22-19-16-12-28-13-17(16)23-24(19)11-18(25)21-9-10-27-2/h4-8,15H,3,9-13H2,1-2H3,(H,21,25)(H,22,26)/t15-/m1/s1. The first kappa shape index (κ1) is 20.4. The van der Waals surface area contributed by atoms with Gasteiger partial charge in [-0.15, -0.1) is 0 Å². The van der Waals surface area contributed by atoms with Gasteiger partial charge in [0.1, 0.15) is 12.4 Å². The SMILES string of the molecule is CC[C@@H](C(=O)Nc1c2c(nn1CC(=O)NCCOC)CSC2)c1ccccc1. The van der Waals surface area contributed by atoms with Gasteiger partial charge in [0, 0.05) is 30.7 Å². The maximum atomic E-state index is 13.0. The van der Waals surface area contributed by atoms with E-state index in [0.29, 0.717) is 25.4 Å². The fraction of sp³-hybridized carbons (Fsp3) is 0.450. The number of ether oxygens (including phenoxy) is 1. The van der Waals surface area contributed by atoms with Crippen LogP contribution in [0.15, 0.2) is 30.3 Å². The first-order valence-electron chi connectivity index (χ1n) is 9.41. The fourth-order valence-corrected chi connectivity index (χ4v) is 4.30. The second-order valence-corrected chi connectivity index (χ2v) is 7.61. The molecule has 8 heteroatoms. The van der Waals surface area contributed by atoms with Crippen LogP contribution in [-0.2, 0) is 32.4 Å². The minimum Gasteiger partial charge on any atom is -0.383 e. The molecule has 7 nitrogen and oxygen atoms in total. The van der Waals surface area contributed by atoms with E-state index in [9.17, 15) is 9.59 Å². The first-order valence-corrected chi connectivity index (χ1v) is 10.6. The highest BCUT2D eigenvalue weighted by atomic mass is 32.2. The number of benzene rings is 1. The van der Waals surface area contributed by atoms with Crippen molar-refractivity contribution in [2.45, 2.75) is 37.3 Å². The highest BCUT2D eigenvalue weighted by Gasteiger charge is 2.27. The summed E-state index contributed by atoms with van der Waals surface area (Å²) in [5.41, 5.74) is 2.95. The Balaban J connectivity index is 1.77. The highest BCUT2D eigenvalue weighted by molar-refractivity contribution is 7.98. The zero-order valence-electron chi connectivity index (χ0n) is 16.2. The largest absolute Gasteiger partial charge is 0.383 e. The molecule has 1 aliphatic rings. The number of aromatic nitrogens is 2. The van der Waals surface area contributed by atoms with Crippen molar-refractivity contribution in [2.75, 3.05) is 25.6 Å². The number of nitrogens with zero attached hydrogens (tertiary/aromatic N) is 2. The number of nitrogens with one attached hydrogen (secondary N) is 2. The van der Waals surface area contributed by atoms with E-state index >= 15 is 0 Å². The van der Waals surface area contributed by atoms with Crippen LogP contribution in [0.3, 0.4) is 0 Å². The van der Waals surface area contributed by atoms with Gasteiger partial charge in [-0.05, 0) is 12.0 Å². The van der Waals surface area contributed by atoms with Crippen molar-refractivity contribution in [2.24, 2.45) is 0 Å². The van der Waals surface area contributed by atoms with Gasteiger partial charge in [0.25, 0.3) is 0 Å². The van der Waals surface area contributed by atoms with Crippen molar-refractivity contribution < 1.29 is 14.3 Å². The normalized spacial score (nSPS) is 13.8. The second-order valence-electron chi connectivity index (χ2n) is 6.63. The predicted molar refractivity (Wildman–Crippen MR) is 110 cm³/mol. The second kappa shape index (κ2) is 9.75. The average molecular weight is 403 g/mol. The summed E-state index contributed by atoms with van der Waals surface area (Å²) >= 11 is 1.76. The quantitative estimate of drug-likeness (QED) is 0.630. The predicted octanol–water partition coefficient (Wildman–Crippen LogP) is 2.52. The van der Waals surface area contributed by atoms with Crippen LogP contribution in [0.2, 0.25) is 0 Å². The van der Waals surface area contributed by atoms with Crippen LogP contribution in [0.1, 0.15) is 36.1 Å². The van der Waals surface area contributed by atoms with Gasteiger partial charge < -0.3 is 15.4 Å². The maximum absolute atomic E-state index is 13.0. The van der Waals surface area contributed by atoms with Gasteiger partial charge in [-0.1, -0.05) is 37.3 Å². The Morgan fingerprint density at radius 3 is 2.79 bits per heavy atom. The van der Waals surface area contributed by atoms with Crippen molar-refractivity contribution in [3.63, 3.8) is 0 Å². The molecule has 28 heavy (non-hydrogen) atoms. The van der Waals surface area contributed by atoms with Gasteiger partial charge >= 0.3 is 0 Å². The van der Waals surface area contributed by atoms with E-state index in [4.69, 9.17) is 4.74 Å². The summed E-state index contributed by atoms with van der Waals surface area (Å²) in [6, 6.07) is 9.75. The number of hydrogen-bond donors (Lipinski definition) is 2. The van der Waals surface area contributed by atoms with Crippen molar-refractivity contribution in [1.29, 1.82) is 0 Å². The molecule has 2 N–H and O–H groups in total. The van der Waals surface area contributed by atoms with E-state index in [2.05, 4.69) is 15.7 Å². The molecule has 0 spiro atoms. The fourth-order valence-electron chi connectivity index (χ4n) is 3.27. The van der Waals surface area contributed by atoms with Gasteiger partial charge in [-0.3, -0.25) is 9.59 Å². The molecule has 0 radical (unpaired) electrons. The van der Waals surface area contributed by atoms with Crippen LogP contribution in [0, 0.1) is 0 Å². The molecule has 1 atom stereocenters. The molecule has 150 valence electrons. The lowest BCUT2D eigenvalue weighted by Crippen LogP contribution is -2.32. The lowest BCUT2D eigenvalue weighted by atomic mass is 9.95. The molecule has 1 aromatic heterocycles. The number of hydrogen-bond acceptors (Lipinski definition) is 5. The van der Waals surface area contributed by atoms with Crippen molar-refractivity contribution in [3.8, 4) is 0 Å². The number of carbonyl (C=O) groups excluding carboxylic acids is 2. The minimum atomic E-state index is -0.246. The molecule has 2 heterocycles. The summed E-state index contributed by atoms with van der Waals surface area (Å²) in [5.74, 6) is 1.75. The van der Waals surface area contributed by atoms with E-state index in [1.54, 1.807) is 23.6 Å². The van der Waals surface area contributed by atoms with E-state index in [-0.39, 0.29) is 24.3 Å². The topological polar surface area (TPSA) is 85.2 Å².